The molecule has 1 aliphatic heterocycles. The second kappa shape index (κ2) is 4.13. The van der Waals surface area contributed by atoms with E-state index in [1.807, 2.05) is 13.8 Å². The Kier molecular flexibility index (Phi) is 2.48. The fourth-order valence-corrected chi connectivity index (χ4v) is 3.35. The van der Waals surface area contributed by atoms with E-state index in [1.165, 1.54) is 6.07 Å². The highest BCUT2D eigenvalue weighted by atomic mass is 16.5. The van der Waals surface area contributed by atoms with Gasteiger partial charge < -0.3 is 14.9 Å². The monoisotopic (exact) mass is 310 g/mol. The summed E-state index contributed by atoms with van der Waals surface area (Å²) in [5, 5.41) is 21.1. The van der Waals surface area contributed by atoms with Crippen LogP contribution in [0.15, 0.2) is 24.3 Å². The van der Waals surface area contributed by atoms with Gasteiger partial charge in [-0.3, -0.25) is 9.59 Å². The average Bonchev–Trinajstić information content (AvgIpc) is 2.85. The van der Waals surface area contributed by atoms with Crippen LogP contribution in [0.25, 0.3) is 0 Å². The quantitative estimate of drug-likeness (QED) is 0.624. The number of carbonyl (C=O) groups is 2. The van der Waals surface area contributed by atoms with Gasteiger partial charge in [-0.1, -0.05) is 24.3 Å². The van der Waals surface area contributed by atoms with Crippen LogP contribution in [0.3, 0.4) is 0 Å². The molecule has 0 atom stereocenters. The Hall–Kier alpha value is -2.82. The van der Waals surface area contributed by atoms with Crippen molar-refractivity contribution >= 4 is 11.6 Å². The summed E-state index contributed by atoms with van der Waals surface area (Å²) in [6.45, 7) is 3.62. The van der Waals surface area contributed by atoms with E-state index in [0.717, 1.165) is 0 Å². The molecule has 2 aromatic rings. The Morgan fingerprint density at radius 2 is 1.48 bits per heavy atom. The third-order valence-corrected chi connectivity index (χ3v) is 4.35. The number of carbonyl (C=O) groups excluding carboxylic acids is 2. The van der Waals surface area contributed by atoms with Gasteiger partial charge in [0.15, 0.2) is 23.1 Å². The highest BCUT2D eigenvalue weighted by Crippen LogP contribution is 2.52. The summed E-state index contributed by atoms with van der Waals surface area (Å²) in [5.74, 6) is -1.50. The first-order valence-electron chi connectivity index (χ1n) is 7.30. The molecule has 2 N–H and O–H groups in total. The number of phenols is 2. The third-order valence-electron chi connectivity index (χ3n) is 4.35. The van der Waals surface area contributed by atoms with Crippen LogP contribution in [0.5, 0.6) is 17.2 Å². The predicted molar refractivity (Wildman–Crippen MR) is 81.5 cm³/mol. The lowest BCUT2D eigenvalue weighted by atomic mass is 9.81. The van der Waals surface area contributed by atoms with Crippen molar-refractivity contribution in [3.05, 3.63) is 52.1 Å². The average molecular weight is 310 g/mol. The summed E-state index contributed by atoms with van der Waals surface area (Å²) >= 11 is 0. The molecule has 0 saturated heterocycles. The Bertz CT molecular complexity index is 836. The summed E-state index contributed by atoms with van der Waals surface area (Å²) in [5.41, 5.74) is -0.115. The summed E-state index contributed by atoms with van der Waals surface area (Å²) in [6, 6.07) is 6.39. The fraction of sp³-hybridized carbons (Fsp3) is 0.222. The number of rotatable bonds is 0. The molecule has 0 amide bonds. The van der Waals surface area contributed by atoms with Gasteiger partial charge in [0, 0.05) is 23.1 Å². The SMILES string of the molecule is CC1(C)Cc2c(O)c3c(c(O)c2O1)C(=O)c1ccccc1C3=O. The van der Waals surface area contributed by atoms with Gasteiger partial charge in [0.25, 0.3) is 0 Å². The van der Waals surface area contributed by atoms with E-state index in [9.17, 15) is 19.8 Å². The maximum atomic E-state index is 12.7. The minimum atomic E-state index is -0.625. The number of phenolic OH excluding ortho intramolecular Hbond substituents is 2. The molecule has 4 rings (SSSR count). The molecule has 0 spiro atoms. The van der Waals surface area contributed by atoms with Crippen LogP contribution in [-0.4, -0.2) is 27.4 Å². The minimum absolute atomic E-state index is 0.0896. The molecular weight excluding hydrogens is 296 g/mol. The van der Waals surface area contributed by atoms with Crippen molar-refractivity contribution in [1.82, 2.24) is 0 Å². The summed E-state index contributed by atoms with van der Waals surface area (Å²) < 4.78 is 5.67. The summed E-state index contributed by atoms with van der Waals surface area (Å²) in [6.07, 6.45) is 0.345. The van der Waals surface area contributed by atoms with Crippen molar-refractivity contribution in [2.75, 3.05) is 0 Å². The Labute approximate surface area is 132 Å². The second-order valence-corrected chi connectivity index (χ2v) is 6.50. The van der Waals surface area contributed by atoms with E-state index in [4.69, 9.17) is 4.74 Å². The first-order chi connectivity index (χ1) is 10.8. The van der Waals surface area contributed by atoms with Gasteiger partial charge >= 0.3 is 0 Å². The molecule has 0 unspecified atom stereocenters. The van der Waals surface area contributed by atoms with Crippen molar-refractivity contribution in [1.29, 1.82) is 0 Å². The van der Waals surface area contributed by atoms with Gasteiger partial charge in [0.05, 0.1) is 11.1 Å². The zero-order valence-electron chi connectivity index (χ0n) is 12.6. The molecule has 0 fully saturated rings. The van der Waals surface area contributed by atoms with Crippen LogP contribution in [0.1, 0.15) is 51.3 Å². The number of ketones is 2. The van der Waals surface area contributed by atoms with Crippen molar-refractivity contribution in [2.24, 2.45) is 0 Å². The Balaban J connectivity index is 2.07. The molecule has 0 bridgehead atoms. The van der Waals surface area contributed by atoms with Crippen molar-refractivity contribution in [3.8, 4) is 17.2 Å². The molecular formula is C18H14O5. The number of ether oxygens (including phenoxy) is 1. The zero-order valence-corrected chi connectivity index (χ0v) is 12.6. The number of hydrogen-bond acceptors (Lipinski definition) is 5. The maximum Gasteiger partial charge on any atom is 0.198 e. The van der Waals surface area contributed by atoms with E-state index in [0.29, 0.717) is 12.0 Å². The lowest BCUT2D eigenvalue weighted by molar-refractivity contribution is 0.0972. The number of aromatic hydroxyl groups is 2. The normalized spacial score (nSPS) is 17.3. The first kappa shape index (κ1) is 13.8. The highest BCUT2D eigenvalue weighted by molar-refractivity contribution is 6.30. The van der Waals surface area contributed by atoms with Gasteiger partial charge in [0.1, 0.15) is 11.4 Å². The topological polar surface area (TPSA) is 83.8 Å². The largest absolute Gasteiger partial charge is 0.507 e. The summed E-state index contributed by atoms with van der Waals surface area (Å²) in [4.78, 5) is 25.4. The zero-order chi connectivity index (χ0) is 16.5. The number of benzene rings is 2. The number of hydrogen-bond donors (Lipinski definition) is 2. The fourth-order valence-electron chi connectivity index (χ4n) is 3.35. The standard InChI is InChI=1S/C18H14O5/c1-18(2)7-10-15(21)11-12(16(22)17(10)23-18)14(20)9-6-4-3-5-8(9)13(11)19/h3-6,21-22H,7H2,1-2H3. The molecule has 116 valence electrons. The van der Waals surface area contributed by atoms with E-state index in [-0.39, 0.29) is 39.5 Å². The molecule has 23 heavy (non-hydrogen) atoms. The van der Waals surface area contributed by atoms with E-state index < -0.39 is 17.2 Å². The third kappa shape index (κ3) is 1.67. The molecule has 1 heterocycles. The minimum Gasteiger partial charge on any atom is -0.507 e. The van der Waals surface area contributed by atoms with Crippen LogP contribution < -0.4 is 4.74 Å². The van der Waals surface area contributed by atoms with Crippen molar-refractivity contribution < 1.29 is 24.5 Å². The lowest BCUT2D eigenvalue weighted by Gasteiger charge is -2.21. The second-order valence-electron chi connectivity index (χ2n) is 6.50. The lowest BCUT2D eigenvalue weighted by Crippen LogP contribution is -2.24. The Morgan fingerprint density at radius 1 is 0.957 bits per heavy atom. The smallest absolute Gasteiger partial charge is 0.198 e. The van der Waals surface area contributed by atoms with Crippen molar-refractivity contribution in [3.63, 3.8) is 0 Å². The summed E-state index contributed by atoms with van der Waals surface area (Å²) in [7, 11) is 0. The van der Waals surface area contributed by atoms with E-state index >= 15 is 0 Å². The van der Waals surface area contributed by atoms with Gasteiger partial charge in [-0.25, -0.2) is 0 Å². The van der Waals surface area contributed by atoms with E-state index in [1.54, 1.807) is 18.2 Å². The van der Waals surface area contributed by atoms with Gasteiger partial charge in [-0.15, -0.1) is 0 Å². The highest BCUT2D eigenvalue weighted by Gasteiger charge is 2.43. The van der Waals surface area contributed by atoms with Crippen LogP contribution in [0, 0.1) is 0 Å². The van der Waals surface area contributed by atoms with Gasteiger partial charge in [-0.2, -0.15) is 0 Å². The molecule has 5 nitrogen and oxygen atoms in total. The van der Waals surface area contributed by atoms with Gasteiger partial charge in [0.2, 0.25) is 0 Å². The molecule has 1 aliphatic carbocycles. The van der Waals surface area contributed by atoms with Gasteiger partial charge in [-0.05, 0) is 13.8 Å². The van der Waals surface area contributed by atoms with Crippen LogP contribution in [-0.2, 0) is 6.42 Å². The maximum absolute atomic E-state index is 12.7. The van der Waals surface area contributed by atoms with Crippen molar-refractivity contribution in [2.45, 2.75) is 25.9 Å². The Morgan fingerprint density at radius 3 is 2.04 bits per heavy atom. The molecule has 2 aromatic carbocycles. The predicted octanol–water partition coefficient (Wildman–Crippen LogP) is 2.59. The van der Waals surface area contributed by atoms with Crippen LogP contribution >= 0.6 is 0 Å². The molecule has 5 heteroatoms. The molecule has 0 radical (unpaired) electrons. The molecule has 0 aromatic heterocycles. The van der Waals surface area contributed by atoms with E-state index in [2.05, 4.69) is 0 Å². The molecule has 2 aliphatic rings. The van der Waals surface area contributed by atoms with Crippen LogP contribution in [0.2, 0.25) is 0 Å². The number of fused-ring (bicyclic) bond motifs is 3. The first-order valence-corrected chi connectivity index (χ1v) is 7.30. The molecule has 0 saturated carbocycles. The van der Waals surface area contributed by atoms with Crippen LogP contribution in [0.4, 0.5) is 0 Å².